The third-order valence-electron chi connectivity index (χ3n) is 2.76. The molecule has 1 aromatic carbocycles. The number of rotatable bonds is 3. The molecular weight excluding hydrogens is 320 g/mol. The topological polar surface area (TPSA) is 44.1 Å². The Bertz CT molecular complexity index is 588. The molecule has 0 amide bonds. The zero-order valence-electron chi connectivity index (χ0n) is 11.7. The maximum atomic E-state index is 12.2. The lowest BCUT2D eigenvalue weighted by atomic mass is 9.97. The number of hydrogen-bond acceptors (Lipinski definition) is 3. The molecule has 1 heterocycles. The van der Waals surface area contributed by atoms with Crippen LogP contribution in [0, 0.1) is 5.41 Å². The Morgan fingerprint density at radius 1 is 1.40 bits per heavy atom. The van der Waals surface area contributed by atoms with Crippen molar-refractivity contribution >= 4 is 21.9 Å². The van der Waals surface area contributed by atoms with Crippen LogP contribution in [0.4, 0.5) is 0 Å². The van der Waals surface area contributed by atoms with Crippen LogP contribution in [0.5, 0.6) is 0 Å². The van der Waals surface area contributed by atoms with Crippen LogP contribution in [0.15, 0.2) is 47.5 Å². The molecule has 0 saturated heterocycles. The number of nitrogens with zero attached hydrogens (tertiary/aromatic N) is 2. The van der Waals surface area contributed by atoms with Crippen molar-refractivity contribution in [2.24, 2.45) is 5.41 Å². The first-order valence-electron chi connectivity index (χ1n) is 6.32. The highest BCUT2D eigenvalue weighted by Crippen LogP contribution is 2.26. The third kappa shape index (κ3) is 3.48. The van der Waals surface area contributed by atoms with Crippen molar-refractivity contribution in [3.63, 3.8) is 0 Å². The van der Waals surface area contributed by atoms with Crippen LogP contribution < -0.4 is 0 Å². The van der Waals surface area contributed by atoms with Gasteiger partial charge in [0.05, 0.1) is 11.7 Å². The fraction of sp³-hybridized carbons (Fsp3) is 0.333. The zero-order valence-corrected chi connectivity index (χ0v) is 13.3. The van der Waals surface area contributed by atoms with Crippen molar-refractivity contribution in [2.45, 2.75) is 27.0 Å². The maximum Gasteiger partial charge on any atom is 0.313 e. The first-order chi connectivity index (χ1) is 9.38. The second kappa shape index (κ2) is 5.79. The number of carbonyl (C=O) groups excluding carboxylic acids is 1. The summed E-state index contributed by atoms with van der Waals surface area (Å²) in [5.74, 6) is -0.254. The lowest BCUT2D eigenvalue weighted by Crippen LogP contribution is -2.27. The number of esters is 1. The molecule has 0 fully saturated rings. The standard InChI is InChI=1S/C15H17BrN2O2/c1-15(2,3)14(19)20-13(18-8-7-17-10-18)11-5-4-6-12(16)9-11/h4-10,13H,1-3H3. The van der Waals surface area contributed by atoms with E-state index in [-0.39, 0.29) is 5.97 Å². The molecule has 2 rings (SSSR count). The van der Waals surface area contributed by atoms with E-state index in [1.165, 1.54) is 0 Å². The van der Waals surface area contributed by atoms with E-state index in [0.29, 0.717) is 0 Å². The van der Waals surface area contributed by atoms with Gasteiger partial charge in [0.25, 0.3) is 0 Å². The van der Waals surface area contributed by atoms with Crippen LogP contribution in [-0.2, 0) is 9.53 Å². The van der Waals surface area contributed by atoms with Gasteiger partial charge in [-0.3, -0.25) is 9.36 Å². The highest BCUT2D eigenvalue weighted by Gasteiger charge is 2.27. The molecule has 2 aromatic rings. The van der Waals surface area contributed by atoms with Gasteiger partial charge in [-0.25, -0.2) is 4.98 Å². The molecule has 0 radical (unpaired) electrons. The van der Waals surface area contributed by atoms with Crippen molar-refractivity contribution in [1.29, 1.82) is 0 Å². The SMILES string of the molecule is CC(C)(C)C(=O)OC(c1cccc(Br)c1)n1ccnc1. The number of halogens is 1. The lowest BCUT2D eigenvalue weighted by Gasteiger charge is -2.24. The predicted molar refractivity (Wildman–Crippen MR) is 80.1 cm³/mol. The molecule has 5 heteroatoms. The van der Waals surface area contributed by atoms with E-state index >= 15 is 0 Å². The van der Waals surface area contributed by atoms with E-state index < -0.39 is 11.6 Å². The van der Waals surface area contributed by atoms with Crippen molar-refractivity contribution in [3.05, 3.63) is 53.0 Å². The predicted octanol–water partition coefficient (Wildman–Crippen LogP) is 3.78. The minimum absolute atomic E-state index is 0.254. The van der Waals surface area contributed by atoms with Crippen molar-refractivity contribution in [1.82, 2.24) is 9.55 Å². The highest BCUT2D eigenvalue weighted by atomic mass is 79.9. The smallest absolute Gasteiger partial charge is 0.313 e. The van der Waals surface area contributed by atoms with Gasteiger partial charge in [-0.15, -0.1) is 0 Å². The Morgan fingerprint density at radius 2 is 2.15 bits per heavy atom. The van der Waals surface area contributed by atoms with Crippen molar-refractivity contribution < 1.29 is 9.53 Å². The lowest BCUT2D eigenvalue weighted by molar-refractivity contribution is -0.160. The summed E-state index contributed by atoms with van der Waals surface area (Å²) >= 11 is 3.43. The summed E-state index contributed by atoms with van der Waals surface area (Å²) in [4.78, 5) is 16.2. The molecule has 0 aliphatic carbocycles. The molecular formula is C15H17BrN2O2. The van der Waals surface area contributed by atoms with Crippen molar-refractivity contribution in [2.75, 3.05) is 0 Å². The second-order valence-electron chi connectivity index (χ2n) is 5.57. The summed E-state index contributed by atoms with van der Waals surface area (Å²) < 4.78 is 8.37. The fourth-order valence-electron chi connectivity index (χ4n) is 1.65. The van der Waals surface area contributed by atoms with Crippen LogP contribution in [0.2, 0.25) is 0 Å². The number of imidazole rings is 1. The fourth-order valence-corrected chi connectivity index (χ4v) is 2.06. The van der Waals surface area contributed by atoms with Gasteiger partial charge >= 0.3 is 5.97 Å². The van der Waals surface area contributed by atoms with E-state index in [2.05, 4.69) is 20.9 Å². The Kier molecular flexibility index (Phi) is 4.28. The minimum Gasteiger partial charge on any atom is -0.436 e. The van der Waals surface area contributed by atoms with Gasteiger partial charge < -0.3 is 4.74 Å². The maximum absolute atomic E-state index is 12.2. The summed E-state index contributed by atoms with van der Waals surface area (Å²) in [5, 5.41) is 0. The van der Waals surface area contributed by atoms with E-state index in [9.17, 15) is 4.79 Å². The first kappa shape index (κ1) is 14.8. The number of carbonyl (C=O) groups is 1. The third-order valence-corrected chi connectivity index (χ3v) is 3.25. The molecule has 0 aliphatic heterocycles. The van der Waals surface area contributed by atoms with Gasteiger partial charge in [-0.05, 0) is 32.9 Å². The van der Waals surface area contributed by atoms with E-state index in [1.54, 1.807) is 23.3 Å². The summed E-state index contributed by atoms with van der Waals surface area (Å²) in [6.45, 7) is 5.50. The van der Waals surface area contributed by atoms with Gasteiger partial charge in [-0.1, -0.05) is 28.1 Å². The van der Waals surface area contributed by atoms with Crippen LogP contribution >= 0.6 is 15.9 Å². The van der Waals surface area contributed by atoms with Gasteiger partial charge in [-0.2, -0.15) is 0 Å². The molecule has 4 nitrogen and oxygen atoms in total. The molecule has 1 aromatic heterocycles. The Labute approximate surface area is 126 Å². The largest absolute Gasteiger partial charge is 0.436 e. The second-order valence-corrected chi connectivity index (χ2v) is 6.49. The van der Waals surface area contributed by atoms with Crippen LogP contribution in [-0.4, -0.2) is 15.5 Å². The molecule has 0 bridgehead atoms. The summed E-state index contributed by atoms with van der Waals surface area (Å²) in [5.41, 5.74) is 0.333. The molecule has 0 aliphatic rings. The number of aromatic nitrogens is 2. The average Bonchev–Trinajstić information content (AvgIpc) is 2.88. The zero-order chi connectivity index (χ0) is 14.8. The van der Waals surface area contributed by atoms with Crippen LogP contribution in [0.3, 0.4) is 0 Å². The monoisotopic (exact) mass is 336 g/mol. The van der Waals surface area contributed by atoms with Crippen molar-refractivity contribution in [3.8, 4) is 0 Å². The molecule has 1 unspecified atom stereocenters. The Hall–Kier alpha value is -1.62. The van der Waals surface area contributed by atoms with E-state index in [1.807, 2.05) is 45.0 Å². The molecule has 20 heavy (non-hydrogen) atoms. The van der Waals surface area contributed by atoms with Crippen LogP contribution in [0.1, 0.15) is 32.6 Å². The van der Waals surface area contributed by atoms with Gasteiger partial charge in [0.15, 0.2) is 0 Å². The minimum atomic E-state index is -0.551. The first-order valence-corrected chi connectivity index (χ1v) is 7.11. The quantitative estimate of drug-likeness (QED) is 0.801. The summed E-state index contributed by atoms with van der Waals surface area (Å²) in [6.07, 6.45) is 4.57. The van der Waals surface area contributed by atoms with Gasteiger partial charge in [0.2, 0.25) is 6.23 Å². The molecule has 0 spiro atoms. The number of benzene rings is 1. The summed E-state index contributed by atoms with van der Waals surface area (Å²) in [7, 11) is 0. The van der Waals surface area contributed by atoms with Crippen LogP contribution in [0.25, 0.3) is 0 Å². The number of ether oxygens (including phenoxy) is 1. The molecule has 0 saturated carbocycles. The highest BCUT2D eigenvalue weighted by molar-refractivity contribution is 9.10. The summed E-state index contributed by atoms with van der Waals surface area (Å²) in [6, 6.07) is 7.69. The van der Waals surface area contributed by atoms with Gasteiger partial charge in [0, 0.05) is 22.4 Å². The molecule has 1 atom stereocenters. The number of hydrogen-bond donors (Lipinski definition) is 0. The Balaban J connectivity index is 2.34. The Morgan fingerprint density at radius 3 is 2.70 bits per heavy atom. The molecule has 106 valence electrons. The van der Waals surface area contributed by atoms with Gasteiger partial charge in [0.1, 0.15) is 0 Å². The molecule has 0 N–H and O–H groups in total. The average molecular weight is 337 g/mol. The normalized spacial score (nSPS) is 13.0. The van der Waals surface area contributed by atoms with E-state index in [0.717, 1.165) is 10.0 Å². The van der Waals surface area contributed by atoms with E-state index in [4.69, 9.17) is 4.74 Å².